The molecule has 1 aromatic rings. The van der Waals surface area contributed by atoms with E-state index in [0.717, 1.165) is 25.2 Å². The molecule has 0 spiro atoms. The lowest BCUT2D eigenvalue weighted by atomic mass is 10.2. The number of nitrogens with zero attached hydrogens (tertiary/aromatic N) is 2. The Morgan fingerprint density at radius 3 is 2.67 bits per heavy atom. The molecule has 0 amide bonds. The number of hydrogen-bond acceptors (Lipinski definition) is 3. The Kier molecular flexibility index (Phi) is 4.09. The van der Waals surface area contributed by atoms with Crippen LogP contribution in [0.3, 0.4) is 0 Å². The molecular formula is C13H17ClN2O2. The third-order valence-electron chi connectivity index (χ3n) is 3.27. The van der Waals surface area contributed by atoms with Gasteiger partial charge in [0, 0.05) is 23.3 Å². The van der Waals surface area contributed by atoms with Gasteiger partial charge in [-0.1, -0.05) is 11.6 Å². The SMILES string of the molecule is CN1CCC(N(CC(=O)O)c2ccc(Cl)cc2)C1. The molecule has 1 atom stereocenters. The number of benzene rings is 1. The van der Waals surface area contributed by atoms with Crippen LogP contribution >= 0.6 is 11.6 Å². The zero-order valence-electron chi connectivity index (χ0n) is 10.3. The summed E-state index contributed by atoms with van der Waals surface area (Å²) < 4.78 is 0. The lowest BCUT2D eigenvalue weighted by Gasteiger charge is -2.29. The maximum absolute atomic E-state index is 11.0. The molecule has 0 radical (unpaired) electrons. The number of anilines is 1. The fourth-order valence-electron chi connectivity index (χ4n) is 2.38. The van der Waals surface area contributed by atoms with Crippen LogP contribution in [0.4, 0.5) is 5.69 Å². The van der Waals surface area contributed by atoms with Gasteiger partial charge in [0.05, 0.1) is 0 Å². The molecule has 1 fully saturated rings. The van der Waals surface area contributed by atoms with Crippen molar-refractivity contribution in [2.24, 2.45) is 0 Å². The van der Waals surface area contributed by atoms with Gasteiger partial charge in [0.2, 0.25) is 0 Å². The van der Waals surface area contributed by atoms with Crippen LogP contribution in [0.5, 0.6) is 0 Å². The second kappa shape index (κ2) is 5.59. The standard InChI is InChI=1S/C13H17ClN2O2/c1-15-7-6-12(8-15)16(9-13(17)18)11-4-2-10(14)3-5-11/h2-5,12H,6-9H2,1H3,(H,17,18). The van der Waals surface area contributed by atoms with Crippen molar-refractivity contribution in [2.45, 2.75) is 12.5 Å². The van der Waals surface area contributed by atoms with Crippen molar-refractivity contribution in [2.75, 3.05) is 31.6 Å². The Bertz CT molecular complexity index is 422. The normalized spacial score (nSPS) is 20.0. The number of carboxylic acids is 1. The lowest BCUT2D eigenvalue weighted by Crippen LogP contribution is -2.40. The summed E-state index contributed by atoms with van der Waals surface area (Å²) in [6.07, 6.45) is 0.992. The third kappa shape index (κ3) is 3.15. The van der Waals surface area contributed by atoms with Crippen molar-refractivity contribution in [1.82, 2.24) is 4.90 Å². The van der Waals surface area contributed by atoms with E-state index in [1.54, 1.807) is 12.1 Å². The minimum atomic E-state index is -0.806. The van der Waals surface area contributed by atoms with Crippen LogP contribution in [-0.2, 0) is 4.79 Å². The van der Waals surface area contributed by atoms with Gasteiger partial charge in [-0.15, -0.1) is 0 Å². The van der Waals surface area contributed by atoms with E-state index in [1.807, 2.05) is 17.0 Å². The predicted octanol–water partition coefficient (Wildman–Crippen LogP) is 1.94. The van der Waals surface area contributed by atoms with Crippen molar-refractivity contribution in [3.63, 3.8) is 0 Å². The summed E-state index contributed by atoms with van der Waals surface area (Å²) in [6.45, 7) is 1.93. The van der Waals surface area contributed by atoms with Crippen molar-refractivity contribution in [3.8, 4) is 0 Å². The average Bonchev–Trinajstić information content (AvgIpc) is 2.74. The van der Waals surface area contributed by atoms with E-state index < -0.39 is 5.97 Å². The highest BCUT2D eigenvalue weighted by Crippen LogP contribution is 2.24. The van der Waals surface area contributed by atoms with Crippen LogP contribution < -0.4 is 4.90 Å². The van der Waals surface area contributed by atoms with Gasteiger partial charge in [0.15, 0.2) is 0 Å². The molecule has 1 N–H and O–H groups in total. The van der Waals surface area contributed by atoms with Crippen molar-refractivity contribution in [3.05, 3.63) is 29.3 Å². The van der Waals surface area contributed by atoms with Crippen LogP contribution in [0.15, 0.2) is 24.3 Å². The number of rotatable bonds is 4. The van der Waals surface area contributed by atoms with E-state index in [-0.39, 0.29) is 12.6 Å². The van der Waals surface area contributed by atoms with Gasteiger partial charge in [0.25, 0.3) is 0 Å². The van der Waals surface area contributed by atoms with Crippen LogP contribution in [0.25, 0.3) is 0 Å². The first-order valence-electron chi connectivity index (χ1n) is 5.99. The molecule has 0 aromatic heterocycles. The first-order valence-corrected chi connectivity index (χ1v) is 6.36. The molecule has 1 aromatic carbocycles. The number of carbonyl (C=O) groups is 1. The minimum Gasteiger partial charge on any atom is -0.480 e. The molecule has 1 heterocycles. The number of likely N-dealkylation sites (tertiary alicyclic amines) is 1. The van der Waals surface area contributed by atoms with E-state index in [9.17, 15) is 4.79 Å². The number of hydrogen-bond donors (Lipinski definition) is 1. The zero-order valence-corrected chi connectivity index (χ0v) is 11.1. The van der Waals surface area contributed by atoms with Crippen LogP contribution in [0, 0.1) is 0 Å². The van der Waals surface area contributed by atoms with E-state index in [0.29, 0.717) is 5.02 Å². The quantitative estimate of drug-likeness (QED) is 0.906. The summed E-state index contributed by atoms with van der Waals surface area (Å²) in [7, 11) is 2.06. The molecule has 4 nitrogen and oxygen atoms in total. The van der Waals surface area contributed by atoms with Crippen LogP contribution in [0.2, 0.25) is 5.02 Å². The van der Waals surface area contributed by atoms with Crippen molar-refractivity contribution >= 4 is 23.3 Å². The number of likely N-dealkylation sites (N-methyl/N-ethyl adjacent to an activating group) is 1. The van der Waals surface area contributed by atoms with E-state index in [2.05, 4.69) is 11.9 Å². The molecule has 1 saturated heterocycles. The molecule has 98 valence electrons. The molecule has 0 bridgehead atoms. The van der Waals surface area contributed by atoms with E-state index in [4.69, 9.17) is 16.7 Å². The van der Waals surface area contributed by atoms with Gasteiger partial charge in [-0.2, -0.15) is 0 Å². The average molecular weight is 269 g/mol. The number of carboxylic acid groups (broad SMARTS) is 1. The fourth-order valence-corrected chi connectivity index (χ4v) is 2.50. The molecule has 0 aliphatic carbocycles. The Balaban J connectivity index is 2.19. The molecular weight excluding hydrogens is 252 g/mol. The van der Waals surface area contributed by atoms with Crippen molar-refractivity contribution < 1.29 is 9.90 Å². The first-order chi connectivity index (χ1) is 8.56. The maximum Gasteiger partial charge on any atom is 0.323 e. The number of halogens is 1. The van der Waals surface area contributed by atoms with Gasteiger partial charge in [-0.3, -0.25) is 4.79 Å². The van der Waals surface area contributed by atoms with Crippen LogP contribution in [0.1, 0.15) is 6.42 Å². The van der Waals surface area contributed by atoms with E-state index >= 15 is 0 Å². The zero-order chi connectivity index (χ0) is 13.1. The predicted molar refractivity (Wildman–Crippen MR) is 72.3 cm³/mol. The fraction of sp³-hybridized carbons (Fsp3) is 0.462. The Morgan fingerprint density at radius 2 is 2.17 bits per heavy atom. The molecule has 1 aliphatic heterocycles. The molecule has 1 aliphatic rings. The lowest BCUT2D eigenvalue weighted by molar-refractivity contribution is -0.135. The second-order valence-corrected chi connectivity index (χ2v) is 5.14. The van der Waals surface area contributed by atoms with Crippen molar-refractivity contribution in [1.29, 1.82) is 0 Å². The summed E-state index contributed by atoms with van der Waals surface area (Å²) in [5.41, 5.74) is 0.919. The largest absolute Gasteiger partial charge is 0.480 e. The summed E-state index contributed by atoms with van der Waals surface area (Å²) in [4.78, 5) is 15.2. The highest BCUT2D eigenvalue weighted by molar-refractivity contribution is 6.30. The summed E-state index contributed by atoms with van der Waals surface area (Å²) in [5.74, 6) is -0.806. The van der Waals surface area contributed by atoms with Gasteiger partial charge >= 0.3 is 5.97 Å². The molecule has 2 rings (SSSR count). The first kappa shape index (κ1) is 13.2. The number of aliphatic carboxylic acids is 1. The van der Waals surface area contributed by atoms with E-state index in [1.165, 1.54) is 0 Å². The summed E-state index contributed by atoms with van der Waals surface area (Å²) in [6, 6.07) is 7.61. The van der Waals surface area contributed by atoms with Crippen LogP contribution in [-0.4, -0.2) is 48.7 Å². The third-order valence-corrected chi connectivity index (χ3v) is 3.52. The second-order valence-electron chi connectivity index (χ2n) is 4.70. The smallest absolute Gasteiger partial charge is 0.323 e. The maximum atomic E-state index is 11.0. The summed E-state index contributed by atoms with van der Waals surface area (Å²) in [5, 5.41) is 9.71. The Hall–Kier alpha value is -1.26. The topological polar surface area (TPSA) is 43.8 Å². The Labute approximate surface area is 112 Å². The Morgan fingerprint density at radius 1 is 1.50 bits per heavy atom. The summed E-state index contributed by atoms with van der Waals surface area (Å²) >= 11 is 5.86. The van der Waals surface area contributed by atoms with Gasteiger partial charge < -0.3 is 14.9 Å². The monoisotopic (exact) mass is 268 g/mol. The molecule has 18 heavy (non-hydrogen) atoms. The molecule has 1 unspecified atom stereocenters. The van der Waals surface area contributed by atoms with Gasteiger partial charge in [0.1, 0.15) is 6.54 Å². The highest BCUT2D eigenvalue weighted by Gasteiger charge is 2.27. The highest BCUT2D eigenvalue weighted by atomic mass is 35.5. The van der Waals surface area contributed by atoms with Gasteiger partial charge in [-0.05, 0) is 44.3 Å². The molecule has 0 saturated carbocycles. The molecule has 5 heteroatoms. The minimum absolute atomic E-state index is 0.0279. The van der Waals surface area contributed by atoms with Gasteiger partial charge in [-0.25, -0.2) is 0 Å².